The van der Waals surface area contributed by atoms with Crippen molar-refractivity contribution in [1.82, 2.24) is 10.2 Å². The van der Waals surface area contributed by atoms with Crippen LogP contribution in [0, 0.1) is 0 Å². The van der Waals surface area contributed by atoms with Gasteiger partial charge in [0.25, 0.3) is 0 Å². The molecule has 0 aliphatic carbocycles. The molecule has 2 aliphatic heterocycles. The van der Waals surface area contributed by atoms with Crippen LogP contribution in [0.5, 0.6) is 0 Å². The van der Waals surface area contributed by atoms with Crippen molar-refractivity contribution in [3.63, 3.8) is 0 Å². The van der Waals surface area contributed by atoms with Crippen LogP contribution in [0.2, 0.25) is 0 Å². The van der Waals surface area contributed by atoms with Crippen molar-refractivity contribution >= 4 is 11.8 Å². The minimum atomic E-state index is -0.570. The second-order valence-electron chi connectivity index (χ2n) is 5.07. The Morgan fingerprint density at radius 3 is 2.75 bits per heavy atom. The highest BCUT2D eigenvalue weighted by Crippen LogP contribution is 2.21. The Bertz CT molecular complexity index is 555. The maximum atomic E-state index is 12.5. The Balaban J connectivity index is 1.82. The highest BCUT2D eigenvalue weighted by Gasteiger charge is 2.44. The summed E-state index contributed by atoms with van der Waals surface area (Å²) in [6, 6.07) is 8.57. The lowest BCUT2D eigenvalue weighted by molar-refractivity contribution is -0.152. The van der Waals surface area contributed by atoms with Gasteiger partial charge in [-0.3, -0.25) is 14.5 Å². The molecule has 0 unspecified atom stereocenters. The van der Waals surface area contributed by atoms with Gasteiger partial charge in [0.1, 0.15) is 12.1 Å². The molecule has 1 fully saturated rings. The molecule has 20 heavy (non-hydrogen) atoms. The molecule has 0 spiro atoms. The number of ether oxygens (including phenoxy) is 1. The van der Waals surface area contributed by atoms with Crippen molar-refractivity contribution in [2.45, 2.75) is 31.5 Å². The predicted octanol–water partition coefficient (Wildman–Crippen LogP) is 0.815. The Labute approximate surface area is 117 Å². The number of fused-ring (bicyclic) bond motifs is 1. The summed E-state index contributed by atoms with van der Waals surface area (Å²) in [4.78, 5) is 26.1. The van der Waals surface area contributed by atoms with Gasteiger partial charge < -0.3 is 10.1 Å². The summed E-state index contributed by atoms with van der Waals surface area (Å²) in [5.74, 6) is -0.257. The molecule has 5 heteroatoms. The fourth-order valence-electron chi connectivity index (χ4n) is 2.65. The van der Waals surface area contributed by atoms with Crippen molar-refractivity contribution < 1.29 is 14.3 Å². The normalized spacial score (nSPS) is 28.6. The smallest absolute Gasteiger partial charge is 0.250 e. The average Bonchev–Trinajstić information content (AvgIpc) is 2.45. The van der Waals surface area contributed by atoms with Gasteiger partial charge >= 0.3 is 0 Å². The first-order valence-electron chi connectivity index (χ1n) is 6.65. The molecule has 0 aromatic heterocycles. The quantitative estimate of drug-likeness (QED) is 0.867. The number of nitrogens with one attached hydrogen (secondary N) is 1. The number of rotatable bonds is 2. The molecule has 3 rings (SSSR count). The van der Waals surface area contributed by atoms with Crippen molar-refractivity contribution in [2.24, 2.45) is 0 Å². The lowest BCUT2D eigenvalue weighted by Gasteiger charge is -2.41. The van der Waals surface area contributed by atoms with E-state index in [0.717, 1.165) is 5.56 Å². The summed E-state index contributed by atoms with van der Waals surface area (Å²) < 4.78 is 5.28. The zero-order chi connectivity index (χ0) is 14.1. The zero-order valence-corrected chi connectivity index (χ0v) is 11.2. The molecule has 1 aromatic rings. The van der Waals surface area contributed by atoms with Crippen LogP contribution in [0.3, 0.4) is 0 Å². The lowest BCUT2D eigenvalue weighted by Crippen LogP contribution is -2.66. The fourth-order valence-corrected chi connectivity index (χ4v) is 2.65. The van der Waals surface area contributed by atoms with E-state index in [1.54, 1.807) is 13.1 Å². The summed E-state index contributed by atoms with van der Waals surface area (Å²) in [7, 11) is 0. The topological polar surface area (TPSA) is 58.6 Å². The average molecular weight is 272 g/mol. The Kier molecular flexibility index (Phi) is 3.18. The van der Waals surface area contributed by atoms with Crippen LogP contribution in [0.15, 0.2) is 42.8 Å². The monoisotopic (exact) mass is 272 g/mol. The summed E-state index contributed by atoms with van der Waals surface area (Å²) in [5, 5.41) is 2.80. The molecular formula is C15H16N2O3. The zero-order valence-electron chi connectivity index (χ0n) is 11.2. The van der Waals surface area contributed by atoms with Crippen molar-refractivity contribution in [2.75, 3.05) is 0 Å². The van der Waals surface area contributed by atoms with Crippen molar-refractivity contribution in [3.05, 3.63) is 48.4 Å². The molecule has 0 bridgehead atoms. The molecule has 3 atom stereocenters. The molecule has 0 radical (unpaired) electrons. The third kappa shape index (κ3) is 2.15. The number of amides is 2. The Hall–Kier alpha value is -2.30. The van der Waals surface area contributed by atoms with Crippen molar-refractivity contribution in [1.29, 1.82) is 0 Å². The molecule has 2 heterocycles. The van der Waals surface area contributed by atoms with Crippen molar-refractivity contribution in [3.8, 4) is 0 Å². The van der Waals surface area contributed by atoms with Crippen LogP contribution in [0.1, 0.15) is 12.5 Å². The van der Waals surface area contributed by atoms with E-state index in [0.29, 0.717) is 6.42 Å². The van der Waals surface area contributed by atoms with Crippen LogP contribution in [0.25, 0.3) is 0 Å². The Morgan fingerprint density at radius 1 is 1.25 bits per heavy atom. The molecule has 1 saturated heterocycles. The van der Waals surface area contributed by atoms with Gasteiger partial charge in [0.05, 0.1) is 6.26 Å². The highest BCUT2D eigenvalue weighted by molar-refractivity contribution is 5.98. The Morgan fingerprint density at radius 2 is 2.00 bits per heavy atom. The van der Waals surface area contributed by atoms with Gasteiger partial charge in [0.2, 0.25) is 11.8 Å². The molecule has 5 nitrogen and oxygen atoms in total. The van der Waals surface area contributed by atoms with Gasteiger partial charge in [-0.25, -0.2) is 0 Å². The molecule has 1 aromatic carbocycles. The standard InChI is InChI=1S/C15H16N2O3/c1-10-13-14(18)16-12(9-11-5-3-2-4-6-11)15(19)17(13)7-8-20-10/h2-8,10,12-13H,9H2,1H3,(H,16,18)/t10-,12+,13+/m1/s1. The number of carbonyl (C=O) groups excluding carboxylic acids is 2. The maximum Gasteiger partial charge on any atom is 0.250 e. The first-order valence-corrected chi connectivity index (χ1v) is 6.65. The van der Waals surface area contributed by atoms with Crippen LogP contribution < -0.4 is 5.32 Å². The molecule has 0 saturated carbocycles. The van der Waals surface area contributed by atoms with Crippen LogP contribution in [-0.4, -0.2) is 34.9 Å². The highest BCUT2D eigenvalue weighted by atomic mass is 16.5. The van der Waals surface area contributed by atoms with E-state index in [1.165, 1.54) is 11.2 Å². The number of hydrogen-bond donors (Lipinski definition) is 1. The molecular weight excluding hydrogens is 256 g/mol. The van der Waals surface area contributed by atoms with Gasteiger partial charge in [0.15, 0.2) is 6.04 Å². The maximum absolute atomic E-state index is 12.5. The molecule has 1 N–H and O–H groups in total. The largest absolute Gasteiger partial charge is 0.494 e. The first-order chi connectivity index (χ1) is 9.66. The summed E-state index contributed by atoms with van der Waals surface area (Å²) >= 11 is 0. The number of nitrogens with zero attached hydrogens (tertiary/aromatic N) is 1. The van der Waals surface area contributed by atoms with E-state index in [1.807, 2.05) is 30.3 Å². The summed E-state index contributed by atoms with van der Waals surface area (Å²) in [6.07, 6.45) is 3.18. The number of benzene rings is 1. The fraction of sp³-hybridized carbons (Fsp3) is 0.333. The molecule has 2 aliphatic rings. The lowest BCUT2D eigenvalue weighted by atomic mass is 9.98. The van der Waals surface area contributed by atoms with Crippen LogP contribution >= 0.6 is 0 Å². The predicted molar refractivity (Wildman–Crippen MR) is 72.4 cm³/mol. The van der Waals surface area contributed by atoms with Crippen LogP contribution in [-0.2, 0) is 20.7 Å². The van der Waals surface area contributed by atoms with E-state index in [9.17, 15) is 9.59 Å². The number of carbonyl (C=O) groups is 2. The summed E-state index contributed by atoms with van der Waals surface area (Å²) in [5.41, 5.74) is 1.02. The molecule has 2 amide bonds. The van der Waals surface area contributed by atoms with E-state index < -0.39 is 12.1 Å². The minimum absolute atomic E-state index is 0.0927. The number of hydrogen-bond acceptors (Lipinski definition) is 3. The van der Waals surface area contributed by atoms with Gasteiger partial charge in [-0.2, -0.15) is 0 Å². The van der Waals surface area contributed by atoms with Gasteiger partial charge in [-0.05, 0) is 12.5 Å². The SMILES string of the molecule is C[C@H]1OC=CN2C(=O)[C@H](Cc3ccccc3)NC(=O)[C@H]12. The van der Waals surface area contributed by atoms with E-state index >= 15 is 0 Å². The van der Waals surface area contributed by atoms with Crippen LogP contribution in [0.4, 0.5) is 0 Å². The number of piperazine rings is 1. The van der Waals surface area contributed by atoms with Gasteiger partial charge in [-0.15, -0.1) is 0 Å². The van der Waals surface area contributed by atoms with Gasteiger partial charge in [-0.1, -0.05) is 30.3 Å². The van der Waals surface area contributed by atoms with Gasteiger partial charge in [0, 0.05) is 12.6 Å². The van der Waals surface area contributed by atoms with E-state index in [-0.39, 0.29) is 17.9 Å². The third-order valence-electron chi connectivity index (χ3n) is 3.68. The second-order valence-corrected chi connectivity index (χ2v) is 5.07. The second kappa shape index (κ2) is 5.00. The molecule has 104 valence electrons. The minimum Gasteiger partial charge on any atom is -0.494 e. The summed E-state index contributed by atoms with van der Waals surface area (Å²) in [6.45, 7) is 1.78. The third-order valence-corrected chi connectivity index (χ3v) is 3.68. The van der Waals surface area contributed by atoms with E-state index in [2.05, 4.69) is 5.32 Å². The first kappa shape index (κ1) is 12.7. The van der Waals surface area contributed by atoms with E-state index in [4.69, 9.17) is 4.74 Å².